The average Bonchev–Trinajstić information content (AvgIpc) is 2.10. The highest BCUT2D eigenvalue weighted by atomic mass is 16.5. The second kappa shape index (κ2) is 10.4. The maximum atomic E-state index is 8.38. The Bertz CT molecular complexity index is 128. The van der Waals surface area contributed by atoms with Crippen molar-refractivity contribution in [2.45, 2.75) is 19.8 Å². The van der Waals surface area contributed by atoms with Crippen molar-refractivity contribution in [1.29, 1.82) is 0 Å². The summed E-state index contributed by atoms with van der Waals surface area (Å²) in [6, 6.07) is 0. The van der Waals surface area contributed by atoms with Crippen LogP contribution in [0.3, 0.4) is 0 Å². The fraction of sp³-hybridized carbons (Fsp3) is 0.600. The summed E-state index contributed by atoms with van der Waals surface area (Å²) in [5.74, 6) is 0. The van der Waals surface area contributed by atoms with Crippen LogP contribution >= 0.6 is 0 Å². The third-order valence-corrected chi connectivity index (χ3v) is 1.35. The first-order valence-electron chi connectivity index (χ1n) is 4.36. The summed E-state index contributed by atoms with van der Waals surface area (Å²) in [5, 5.41) is 8.38. The van der Waals surface area contributed by atoms with Gasteiger partial charge in [-0.25, -0.2) is 0 Å². The van der Waals surface area contributed by atoms with Gasteiger partial charge in [0.25, 0.3) is 0 Å². The zero-order valence-electron chi connectivity index (χ0n) is 7.70. The molecule has 0 saturated carbocycles. The van der Waals surface area contributed by atoms with Crippen LogP contribution in [0.2, 0.25) is 0 Å². The van der Waals surface area contributed by atoms with E-state index in [0.717, 1.165) is 12.8 Å². The summed E-state index contributed by atoms with van der Waals surface area (Å²) in [5.41, 5.74) is 0. The maximum absolute atomic E-state index is 8.38. The topological polar surface area (TPSA) is 29.5 Å². The molecule has 70 valence electrons. The van der Waals surface area contributed by atoms with Crippen LogP contribution in [0.4, 0.5) is 0 Å². The minimum absolute atomic E-state index is 0.104. The van der Waals surface area contributed by atoms with Crippen molar-refractivity contribution in [2.24, 2.45) is 0 Å². The first kappa shape index (κ1) is 11.4. The van der Waals surface area contributed by atoms with E-state index in [2.05, 4.69) is 18.2 Å². The Balaban J connectivity index is 3.03. The van der Waals surface area contributed by atoms with Crippen molar-refractivity contribution in [2.75, 3.05) is 19.8 Å². The quantitative estimate of drug-likeness (QED) is 0.467. The smallest absolute Gasteiger partial charge is 0.0701 e. The number of aliphatic hydroxyl groups excluding tert-OH is 1. The highest BCUT2D eigenvalue weighted by molar-refractivity contribution is 4.86. The first-order chi connectivity index (χ1) is 5.91. The molecular formula is C10H18O2. The predicted molar refractivity (Wildman–Crippen MR) is 51.1 cm³/mol. The van der Waals surface area contributed by atoms with Crippen LogP contribution in [-0.2, 0) is 4.74 Å². The van der Waals surface area contributed by atoms with Crippen molar-refractivity contribution in [3.8, 4) is 0 Å². The zero-order valence-corrected chi connectivity index (χ0v) is 7.70. The van der Waals surface area contributed by atoms with Gasteiger partial charge in [-0.2, -0.15) is 0 Å². The molecule has 0 unspecified atom stereocenters. The second-order valence-electron chi connectivity index (χ2n) is 2.42. The largest absolute Gasteiger partial charge is 0.394 e. The molecule has 0 heterocycles. The van der Waals surface area contributed by atoms with Crippen LogP contribution in [0.5, 0.6) is 0 Å². The third kappa shape index (κ3) is 9.40. The number of rotatable bonds is 7. The minimum atomic E-state index is 0.104. The van der Waals surface area contributed by atoms with Gasteiger partial charge in [-0.15, -0.1) is 0 Å². The Hall–Kier alpha value is -0.600. The number of unbranched alkanes of at least 4 members (excludes halogenated alkanes) is 1. The molecule has 0 aliphatic heterocycles. The van der Waals surface area contributed by atoms with Crippen LogP contribution in [0.1, 0.15) is 19.8 Å². The van der Waals surface area contributed by atoms with E-state index in [-0.39, 0.29) is 6.61 Å². The lowest BCUT2D eigenvalue weighted by molar-refractivity contribution is 0.112. The van der Waals surface area contributed by atoms with Crippen LogP contribution in [0, 0.1) is 0 Å². The minimum Gasteiger partial charge on any atom is -0.394 e. The summed E-state index contributed by atoms with van der Waals surface area (Å²) in [6.07, 6.45) is 10.4. The van der Waals surface area contributed by atoms with E-state index in [1.54, 1.807) is 0 Å². The maximum Gasteiger partial charge on any atom is 0.0701 e. The number of allylic oxidation sites excluding steroid dienone is 3. The molecule has 0 saturated heterocycles. The summed E-state index contributed by atoms with van der Waals surface area (Å²) >= 11 is 0. The Labute approximate surface area is 74.6 Å². The molecule has 0 amide bonds. The van der Waals surface area contributed by atoms with Gasteiger partial charge in [0, 0.05) is 0 Å². The molecule has 0 atom stereocenters. The summed E-state index contributed by atoms with van der Waals surface area (Å²) < 4.78 is 5.03. The molecule has 1 N–H and O–H groups in total. The van der Waals surface area contributed by atoms with Gasteiger partial charge in [-0.3, -0.25) is 0 Å². The van der Waals surface area contributed by atoms with Gasteiger partial charge in [0.1, 0.15) is 0 Å². The molecule has 0 rings (SSSR count). The number of hydrogen-bond acceptors (Lipinski definition) is 2. The van der Waals surface area contributed by atoms with Crippen molar-refractivity contribution in [3.05, 3.63) is 24.3 Å². The molecule has 0 aromatic rings. The highest BCUT2D eigenvalue weighted by Gasteiger charge is 1.80. The normalized spacial score (nSPS) is 11.8. The molecule has 0 fully saturated rings. The summed E-state index contributed by atoms with van der Waals surface area (Å²) in [6.45, 7) is 3.16. The van der Waals surface area contributed by atoms with Crippen LogP contribution in [-0.4, -0.2) is 24.9 Å². The van der Waals surface area contributed by atoms with Gasteiger partial charge in [0.15, 0.2) is 0 Å². The van der Waals surface area contributed by atoms with Gasteiger partial charge in [0.05, 0.1) is 19.8 Å². The lowest BCUT2D eigenvalue weighted by Gasteiger charge is -1.94. The molecule has 0 aliphatic carbocycles. The van der Waals surface area contributed by atoms with E-state index < -0.39 is 0 Å². The summed E-state index contributed by atoms with van der Waals surface area (Å²) in [4.78, 5) is 0. The van der Waals surface area contributed by atoms with Gasteiger partial charge >= 0.3 is 0 Å². The molecule has 0 aromatic heterocycles. The van der Waals surface area contributed by atoms with Gasteiger partial charge in [0.2, 0.25) is 0 Å². The Kier molecular flexibility index (Phi) is 9.88. The fourth-order valence-electron chi connectivity index (χ4n) is 0.761. The Morgan fingerprint density at radius 2 is 1.92 bits per heavy atom. The molecule has 0 radical (unpaired) electrons. The van der Waals surface area contributed by atoms with Gasteiger partial charge in [-0.05, 0) is 19.8 Å². The lowest BCUT2D eigenvalue weighted by atomic mass is 10.3. The monoisotopic (exact) mass is 170 g/mol. The SMILES string of the molecule is C/C=C/CC/C=C/COCCO. The van der Waals surface area contributed by atoms with Crippen molar-refractivity contribution < 1.29 is 9.84 Å². The average molecular weight is 170 g/mol. The van der Waals surface area contributed by atoms with E-state index in [1.165, 1.54) is 0 Å². The molecule has 0 aliphatic rings. The molecule has 0 bridgehead atoms. The molecular weight excluding hydrogens is 152 g/mol. The van der Waals surface area contributed by atoms with Gasteiger partial charge in [-0.1, -0.05) is 24.3 Å². The van der Waals surface area contributed by atoms with E-state index in [0.29, 0.717) is 13.2 Å². The van der Waals surface area contributed by atoms with Crippen LogP contribution in [0.25, 0.3) is 0 Å². The number of aliphatic hydroxyl groups is 1. The number of ether oxygens (including phenoxy) is 1. The zero-order chi connectivity index (χ0) is 9.07. The van der Waals surface area contributed by atoms with Crippen molar-refractivity contribution in [1.82, 2.24) is 0 Å². The molecule has 2 heteroatoms. The van der Waals surface area contributed by atoms with E-state index in [4.69, 9.17) is 9.84 Å². The number of hydrogen-bond donors (Lipinski definition) is 1. The highest BCUT2D eigenvalue weighted by Crippen LogP contribution is 1.92. The van der Waals surface area contributed by atoms with E-state index >= 15 is 0 Å². The molecule has 12 heavy (non-hydrogen) atoms. The second-order valence-corrected chi connectivity index (χ2v) is 2.42. The van der Waals surface area contributed by atoms with Crippen LogP contribution in [0.15, 0.2) is 24.3 Å². The van der Waals surface area contributed by atoms with E-state index in [9.17, 15) is 0 Å². The molecule has 2 nitrogen and oxygen atoms in total. The first-order valence-corrected chi connectivity index (χ1v) is 4.36. The Morgan fingerprint density at radius 1 is 1.17 bits per heavy atom. The standard InChI is InChI=1S/C10H18O2/c1-2-3-4-5-6-7-9-12-10-8-11/h2-3,6-7,11H,4-5,8-10H2,1H3/b3-2+,7-6+. The lowest BCUT2D eigenvalue weighted by Crippen LogP contribution is -1.97. The van der Waals surface area contributed by atoms with Crippen LogP contribution < -0.4 is 0 Å². The predicted octanol–water partition coefficient (Wildman–Crippen LogP) is 1.91. The third-order valence-electron chi connectivity index (χ3n) is 1.35. The van der Waals surface area contributed by atoms with Crippen molar-refractivity contribution >= 4 is 0 Å². The van der Waals surface area contributed by atoms with Gasteiger partial charge < -0.3 is 9.84 Å². The van der Waals surface area contributed by atoms with E-state index in [1.807, 2.05) is 13.0 Å². The molecule has 0 spiro atoms. The fourth-order valence-corrected chi connectivity index (χ4v) is 0.761. The van der Waals surface area contributed by atoms with Crippen molar-refractivity contribution in [3.63, 3.8) is 0 Å². The Morgan fingerprint density at radius 3 is 2.58 bits per heavy atom. The summed E-state index contributed by atoms with van der Waals surface area (Å²) in [7, 11) is 0. The molecule has 0 aromatic carbocycles.